The second-order valence-electron chi connectivity index (χ2n) is 18.5. The summed E-state index contributed by atoms with van der Waals surface area (Å²) >= 11 is 0. The zero-order valence-corrected chi connectivity index (χ0v) is 39.4. The van der Waals surface area contributed by atoms with Crippen molar-refractivity contribution < 1.29 is 0 Å². The summed E-state index contributed by atoms with van der Waals surface area (Å²) in [4.78, 5) is 7.27. The van der Waals surface area contributed by atoms with Crippen LogP contribution in [0.4, 0.5) is 51.2 Å². The highest BCUT2D eigenvalue weighted by atomic mass is 15.2. The molecule has 11 aromatic carbocycles. The van der Waals surface area contributed by atoms with Gasteiger partial charge in [0.1, 0.15) is 0 Å². The van der Waals surface area contributed by atoms with Gasteiger partial charge in [-0.25, -0.2) is 0 Å². The molecular weight excluding hydrogens is 859 g/mol. The van der Waals surface area contributed by atoms with Crippen molar-refractivity contribution in [1.82, 2.24) is 0 Å². The van der Waals surface area contributed by atoms with Gasteiger partial charge in [0.05, 0.1) is 28.2 Å². The first kappa shape index (κ1) is 42.0. The van der Waals surface area contributed by atoms with Crippen molar-refractivity contribution in [3.8, 4) is 33.4 Å². The largest absolute Gasteiger partial charge is 0.310 e. The Morgan fingerprint density at radius 3 is 1.17 bits per heavy atom. The Kier molecular flexibility index (Phi) is 10.3. The van der Waals surface area contributed by atoms with Crippen LogP contribution in [0, 0.1) is 6.92 Å². The van der Waals surface area contributed by atoms with Crippen molar-refractivity contribution in [2.24, 2.45) is 0 Å². The predicted octanol–water partition coefficient (Wildman–Crippen LogP) is 18.4. The van der Waals surface area contributed by atoms with Crippen LogP contribution in [0.15, 0.2) is 279 Å². The van der Waals surface area contributed by atoms with Crippen LogP contribution >= 0.6 is 0 Å². The number of para-hydroxylation sites is 5. The van der Waals surface area contributed by atoms with Crippen LogP contribution in [0.2, 0.25) is 0 Å². The molecule has 0 aliphatic heterocycles. The Balaban J connectivity index is 1.13. The van der Waals surface area contributed by atoms with Gasteiger partial charge in [-0.05, 0) is 147 Å². The minimum Gasteiger partial charge on any atom is -0.310 e. The predicted molar refractivity (Wildman–Crippen MR) is 297 cm³/mol. The maximum absolute atomic E-state index is 2.51. The van der Waals surface area contributed by atoms with Crippen molar-refractivity contribution in [2.45, 2.75) is 12.3 Å². The Labute approximate surface area is 416 Å². The molecule has 2 aliphatic carbocycles. The van der Waals surface area contributed by atoms with Gasteiger partial charge in [0.2, 0.25) is 0 Å². The number of aryl methyl sites for hydroxylation is 1. The molecule has 2 aliphatic rings. The zero-order chi connectivity index (χ0) is 47.3. The fraction of sp³-hybridized carbons (Fsp3) is 0.0294. The number of hydrogen-bond acceptors (Lipinski definition) is 3. The molecule has 3 nitrogen and oxygen atoms in total. The van der Waals surface area contributed by atoms with Crippen LogP contribution in [-0.2, 0) is 5.41 Å². The van der Waals surface area contributed by atoms with Crippen LogP contribution in [0.5, 0.6) is 0 Å². The van der Waals surface area contributed by atoms with Crippen molar-refractivity contribution >= 4 is 51.2 Å². The maximum atomic E-state index is 2.51. The van der Waals surface area contributed by atoms with Crippen LogP contribution in [0.3, 0.4) is 0 Å². The fourth-order valence-electron chi connectivity index (χ4n) is 11.6. The van der Waals surface area contributed by atoms with Gasteiger partial charge in [0.25, 0.3) is 0 Å². The quantitative estimate of drug-likeness (QED) is 0.135. The topological polar surface area (TPSA) is 9.72 Å². The Morgan fingerprint density at radius 1 is 0.254 bits per heavy atom. The van der Waals surface area contributed by atoms with Crippen LogP contribution in [0.1, 0.15) is 27.8 Å². The summed E-state index contributed by atoms with van der Waals surface area (Å²) in [6.07, 6.45) is 0. The molecule has 71 heavy (non-hydrogen) atoms. The van der Waals surface area contributed by atoms with E-state index in [2.05, 4.69) is 301 Å². The second-order valence-corrected chi connectivity index (χ2v) is 18.5. The van der Waals surface area contributed by atoms with Gasteiger partial charge in [-0.2, -0.15) is 0 Å². The average molecular weight is 908 g/mol. The van der Waals surface area contributed by atoms with Crippen molar-refractivity contribution in [2.75, 3.05) is 14.7 Å². The highest BCUT2D eigenvalue weighted by molar-refractivity contribution is 5.99. The van der Waals surface area contributed by atoms with Gasteiger partial charge < -0.3 is 14.7 Å². The molecule has 3 heteroatoms. The summed E-state index contributed by atoms with van der Waals surface area (Å²) in [5, 5.41) is 0. The lowest BCUT2D eigenvalue weighted by Gasteiger charge is -2.34. The Hall–Kier alpha value is -9.18. The molecule has 0 radical (unpaired) electrons. The molecule has 0 saturated carbocycles. The van der Waals surface area contributed by atoms with Gasteiger partial charge in [-0.1, -0.05) is 194 Å². The third-order valence-electron chi connectivity index (χ3n) is 14.5. The molecule has 0 bridgehead atoms. The third kappa shape index (κ3) is 6.89. The van der Waals surface area contributed by atoms with E-state index < -0.39 is 5.41 Å². The monoisotopic (exact) mass is 907 g/mol. The van der Waals surface area contributed by atoms with E-state index in [0.29, 0.717) is 0 Å². The number of anilines is 9. The van der Waals surface area contributed by atoms with E-state index >= 15 is 0 Å². The van der Waals surface area contributed by atoms with Crippen LogP contribution < -0.4 is 14.7 Å². The first-order valence-corrected chi connectivity index (χ1v) is 24.5. The Bertz CT molecular complexity index is 3500. The molecule has 1 spiro atoms. The number of rotatable bonds is 10. The van der Waals surface area contributed by atoms with E-state index in [0.717, 1.165) is 62.3 Å². The second kappa shape index (κ2) is 17.4. The van der Waals surface area contributed by atoms with Crippen LogP contribution in [-0.4, -0.2) is 0 Å². The molecule has 0 fully saturated rings. The molecule has 0 aromatic heterocycles. The number of benzene rings is 11. The number of nitrogens with zero attached hydrogens (tertiary/aromatic N) is 3. The first-order valence-electron chi connectivity index (χ1n) is 24.5. The highest BCUT2D eigenvalue weighted by Gasteiger charge is 2.52. The molecule has 0 atom stereocenters. The lowest BCUT2D eigenvalue weighted by atomic mass is 9.70. The van der Waals surface area contributed by atoms with Crippen LogP contribution in [0.25, 0.3) is 33.4 Å². The normalized spacial score (nSPS) is 12.4. The molecule has 13 rings (SSSR count). The SMILES string of the molecule is Cc1cccc2c1-c1ccc(N(c3cc(N(c4ccccc4)c4ccccc4)cc(N(c4ccccc4)c4ccccc4)c3)c3ccccc3-c3ccccc3)cc1C21c2ccccc2-c2ccccc21. The average Bonchev–Trinajstić information content (AvgIpc) is 3.93. The van der Waals surface area contributed by atoms with E-state index in [1.807, 2.05) is 0 Å². The van der Waals surface area contributed by atoms with E-state index in [9.17, 15) is 0 Å². The summed E-state index contributed by atoms with van der Waals surface area (Å²) in [6.45, 7) is 2.27. The summed E-state index contributed by atoms with van der Waals surface area (Å²) in [5.74, 6) is 0. The zero-order valence-electron chi connectivity index (χ0n) is 39.4. The summed E-state index contributed by atoms with van der Waals surface area (Å²) in [7, 11) is 0. The summed E-state index contributed by atoms with van der Waals surface area (Å²) in [6, 6.07) is 102. The molecule has 0 heterocycles. The van der Waals surface area contributed by atoms with E-state index in [1.54, 1.807) is 0 Å². The minimum absolute atomic E-state index is 0.521. The summed E-state index contributed by atoms with van der Waals surface area (Å²) in [5.41, 5.74) is 23.0. The number of hydrogen-bond donors (Lipinski definition) is 0. The molecule has 0 saturated heterocycles. The smallest absolute Gasteiger partial charge is 0.0726 e. The van der Waals surface area contributed by atoms with Gasteiger partial charge in [-0.15, -0.1) is 0 Å². The van der Waals surface area contributed by atoms with Crippen molar-refractivity contribution in [3.05, 3.63) is 307 Å². The molecule has 0 unspecified atom stereocenters. The number of fused-ring (bicyclic) bond motifs is 10. The molecule has 336 valence electrons. The van der Waals surface area contributed by atoms with Crippen molar-refractivity contribution in [3.63, 3.8) is 0 Å². The van der Waals surface area contributed by atoms with Gasteiger partial charge >= 0.3 is 0 Å². The molecule has 11 aromatic rings. The molecule has 0 N–H and O–H groups in total. The standard InChI is InChI=1S/C68H49N3/c1-48-24-23-40-64-67(48)61-43-42-54(47-65(61)68(64)62-38-20-17-36-59(62)60-37-18-21-39-63(60)68)71(66-41-22-19-35-58(66)49-25-7-2-8-26-49)57-45-55(69(50-27-9-3-10-28-50)51-29-11-4-12-30-51)44-56(46-57)70(52-31-13-5-14-32-52)53-33-15-6-16-34-53/h2-47H,1H3. The van der Waals surface area contributed by atoms with Gasteiger partial charge in [0, 0.05) is 34.0 Å². The fourth-order valence-corrected chi connectivity index (χ4v) is 11.6. The Morgan fingerprint density at radius 2 is 0.662 bits per heavy atom. The third-order valence-corrected chi connectivity index (χ3v) is 14.5. The van der Waals surface area contributed by atoms with E-state index in [1.165, 1.54) is 50.1 Å². The molecular formula is C68H49N3. The lowest BCUT2D eigenvalue weighted by Crippen LogP contribution is -2.26. The lowest BCUT2D eigenvalue weighted by molar-refractivity contribution is 0.793. The minimum atomic E-state index is -0.521. The first-order chi connectivity index (χ1) is 35.2. The van der Waals surface area contributed by atoms with Crippen molar-refractivity contribution in [1.29, 1.82) is 0 Å². The van der Waals surface area contributed by atoms with E-state index in [4.69, 9.17) is 0 Å². The molecule has 0 amide bonds. The maximum Gasteiger partial charge on any atom is 0.0726 e. The summed E-state index contributed by atoms with van der Waals surface area (Å²) < 4.78 is 0. The van der Waals surface area contributed by atoms with E-state index in [-0.39, 0.29) is 0 Å². The highest BCUT2D eigenvalue weighted by Crippen LogP contribution is 2.64. The van der Waals surface area contributed by atoms with Gasteiger partial charge in [0.15, 0.2) is 0 Å². The van der Waals surface area contributed by atoms with Gasteiger partial charge in [-0.3, -0.25) is 0 Å².